The molecule has 3 nitrogen and oxygen atoms in total. The molecule has 0 saturated heterocycles. The first kappa shape index (κ1) is 19.3. The van der Waals surface area contributed by atoms with E-state index < -0.39 is 0 Å². The summed E-state index contributed by atoms with van der Waals surface area (Å²) in [4.78, 5) is 12.7. The quantitative estimate of drug-likeness (QED) is 0.441. The van der Waals surface area contributed by atoms with Crippen molar-refractivity contribution in [3.8, 4) is 16.9 Å². The van der Waals surface area contributed by atoms with Crippen molar-refractivity contribution < 1.29 is 14.6 Å². The molecule has 1 N–H and O–H groups in total. The van der Waals surface area contributed by atoms with Gasteiger partial charge < -0.3 is 9.84 Å². The van der Waals surface area contributed by atoms with E-state index >= 15 is 0 Å². The normalized spacial score (nSPS) is 10.7. The maximum Gasteiger partial charge on any atom is 0.194 e. The second-order valence-electron chi connectivity index (χ2n) is 5.36. The monoisotopic (exact) mass is 348 g/mol. The molecule has 4 rings (SSSR count). The van der Waals surface area contributed by atoms with Gasteiger partial charge in [0.05, 0.1) is 12.9 Å². The van der Waals surface area contributed by atoms with E-state index in [-0.39, 0.29) is 5.78 Å². The predicted molar refractivity (Wildman–Crippen MR) is 108 cm³/mol. The van der Waals surface area contributed by atoms with Crippen LogP contribution in [0.4, 0.5) is 0 Å². The minimum Gasteiger partial charge on any atom is -0.516 e. The zero-order chi connectivity index (χ0) is 19.1. The molecular formula is C23H24O3. The fourth-order valence-electron chi connectivity index (χ4n) is 3.11. The van der Waals surface area contributed by atoms with Gasteiger partial charge in [0, 0.05) is 16.5 Å². The molecule has 26 heavy (non-hydrogen) atoms. The summed E-state index contributed by atoms with van der Waals surface area (Å²) in [5.74, 6) is 0.953. The van der Waals surface area contributed by atoms with Gasteiger partial charge in [-0.15, -0.1) is 0 Å². The van der Waals surface area contributed by atoms with Gasteiger partial charge >= 0.3 is 0 Å². The molecule has 0 aromatic heterocycles. The van der Waals surface area contributed by atoms with Crippen LogP contribution in [0.15, 0.2) is 67.4 Å². The lowest BCUT2D eigenvalue weighted by atomic mass is 9.83. The average Bonchev–Trinajstić information content (AvgIpc) is 2.68. The Bertz CT molecular complexity index is 926. The Balaban J connectivity index is 0.000000444. The molecule has 0 unspecified atom stereocenters. The second kappa shape index (κ2) is 8.86. The highest BCUT2D eigenvalue weighted by Crippen LogP contribution is 2.41. The first-order valence-corrected chi connectivity index (χ1v) is 8.80. The van der Waals surface area contributed by atoms with Gasteiger partial charge in [0.1, 0.15) is 5.75 Å². The summed E-state index contributed by atoms with van der Waals surface area (Å²) in [6, 6.07) is 17.7. The van der Waals surface area contributed by atoms with Crippen molar-refractivity contribution in [2.24, 2.45) is 0 Å². The van der Waals surface area contributed by atoms with Crippen LogP contribution in [0.25, 0.3) is 21.9 Å². The van der Waals surface area contributed by atoms with E-state index in [1.165, 1.54) is 0 Å². The van der Waals surface area contributed by atoms with Gasteiger partial charge in [0.2, 0.25) is 0 Å². The number of hydrogen-bond acceptors (Lipinski definition) is 3. The number of aliphatic hydroxyl groups is 1. The number of rotatable bonds is 2. The minimum absolute atomic E-state index is 0.104. The van der Waals surface area contributed by atoms with Crippen molar-refractivity contribution in [3.63, 3.8) is 0 Å². The lowest BCUT2D eigenvalue weighted by Crippen LogP contribution is -2.09. The summed E-state index contributed by atoms with van der Waals surface area (Å²) in [6.45, 7) is 9.52. The molecule has 0 radical (unpaired) electrons. The zero-order valence-electron chi connectivity index (χ0n) is 15.5. The SMILES string of the molecule is C=CO.CC.CCOc1cc2c3c(cccc3c1)C(=O)c1ccccc1-2. The number of benzene rings is 3. The zero-order valence-corrected chi connectivity index (χ0v) is 15.5. The van der Waals surface area contributed by atoms with Crippen LogP contribution >= 0.6 is 0 Å². The molecule has 0 atom stereocenters. The van der Waals surface area contributed by atoms with Crippen molar-refractivity contribution in [3.05, 3.63) is 78.6 Å². The van der Waals surface area contributed by atoms with Crippen LogP contribution in [-0.2, 0) is 0 Å². The minimum atomic E-state index is 0.104. The third-order valence-corrected chi connectivity index (χ3v) is 3.97. The van der Waals surface area contributed by atoms with Gasteiger partial charge in [-0.25, -0.2) is 0 Å². The molecule has 1 aliphatic rings. The highest BCUT2D eigenvalue weighted by Gasteiger charge is 2.25. The summed E-state index contributed by atoms with van der Waals surface area (Å²) < 4.78 is 5.68. The number of ether oxygens (including phenoxy) is 1. The molecule has 0 bridgehead atoms. The van der Waals surface area contributed by atoms with Gasteiger partial charge in [0.25, 0.3) is 0 Å². The Morgan fingerprint density at radius 2 is 1.58 bits per heavy atom. The second-order valence-corrected chi connectivity index (χ2v) is 5.36. The predicted octanol–water partition coefficient (Wildman–Crippen LogP) is 6.16. The van der Waals surface area contributed by atoms with E-state index in [2.05, 4.69) is 6.58 Å². The Hall–Kier alpha value is -3.07. The molecule has 1 aliphatic carbocycles. The largest absolute Gasteiger partial charge is 0.516 e. The molecule has 0 aliphatic heterocycles. The molecule has 0 saturated carbocycles. The first-order valence-electron chi connectivity index (χ1n) is 8.80. The number of fused-ring (bicyclic) bond motifs is 2. The fraction of sp³-hybridized carbons (Fsp3) is 0.174. The van der Waals surface area contributed by atoms with Crippen LogP contribution in [0.5, 0.6) is 5.75 Å². The lowest BCUT2D eigenvalue weighted by molar-refractivity contribution is 0.104. The van der Waals surface area contributed by atoms with E-state index in [1.54, 1.807) is 0 Å². The molecule has 134 valence electrons. The highest BCUT2D eigenvalue weighted by atomic mass is 16.5. The molecule has 3 aromatic rings. The fourth-order valence-corrected chi connectivity index (χ4v) is 3.11. The Morgan fingerprint density at radius 3 is 2.23 bits per heavy atom. The van der Waals surface area contributed by atoms with Gasteiger partial charge in [-0.05, 0) is 35.6 Å². The maximum absolute atomic E-state index is 12.7. The third kappa shape index (κ3) is 3.47. The topological polar surface area (TPSA) is 46.5 Å². The van der Waals surface area contributed by atoms with E-state index in [1.807, 2.05) is 75.4 Å². The molecule has 3 heteroatoms. The number of ketones is 1. The average molecular weight is 348 g/mol. The standard InChI is InChI=1S/C19H14O2.C2H4O.C2H6/c1-2-21-13-10-12-6-5-9-16-18(12)17(11-13)14-7-3-4-8-15(14)19(16)20;1-2-3;1-2/h3-11H,2H2,1H3;2-3H,1H2;1-2H3. The molecule has 0 fully saturated rings. The van der Waals surface area contributed by atoms with Crippen LogP contribution in [0.1, 0.15) is 36.7 Å². The van der Waals surface area contributed by atoms with Crippen LogP contribution in [-0.4, -0.2) is 17.5 Å². The summed E-state index contributed by atoms with van der Waals surface area (Å²) in [6.07, 6.45) is 0.750. The summed E-state index contributed by atoms with van der Waals surface area (Å²) in [5, 5.41) is 9.42. The summed E-state index contributed by atoms with van der Waals surface area (Å²) in [5.41, 5.74) is 3.63. The van der Waals surface area contributed by atoms with E-state index in [0.717, 1.165) is 45.0 Å². The first-order chi connectivity index (χ1) is 12.7. The van der Waals surface area contributed by atoms with E-state index in [0.29, 0.717) is 6.61 Å². The Morgan fingerprint density at radius 1 is 0.962 bits per heavy atom. The number of carbonyl (C=O) groups is 1. The van der Waals surface area contributed by atoms with Crippen molar-refractivity contribution in [1.82, 2.24) is 0 Å². The number of carbonyl (C=O) groups excluding carboxylic acids is 1. The summed E-state index contributed by atoms with van der Waals surface area (Å²) >= 11 is 0. The number of hydrogen-bond donors (Lipinski definition) is 1. The van der Waals surface area contributed by atoms with Gasteiger partial charge in [-0.1, -0.05) is 62.9 Å². The molecule has 0 spiro atoms. The Labute approximate surface area is 154 Å². The number of aliphatic hydroxyl groups excluding tert-OH is 1. The van der Waals surface area contributed by atoms with Gasteiger partial charge in [-0.3, -0.25) is 4.79 Å². The van der Waals surface area contributed by atoms with Crippen molar-refractivity contribution in [2.75, 3.05) is 6.61 Å². The van der Waals surface area contributed by atoms with Crippen LogP contribution < -0.4 is 4.74 Å². The van der Waals surface area contributed by atoms with Crippen LogP contribution in [0, 0.1) is 0 Å². The molecule has 0 heterocycles. The van der Waals surface area contributed by atoms with Crippen molar-refractivity contribution in [1.29, 1.82) is 0 Å². The van der Waals surface area contributed by atoms with Crippen molar-refractivity contribution in [2.45, 2.75) is 20.8 Å². The third-order valence-electron chi connectivity index (χ3n) is 3.97. The van der Waals surface area contributed by atoms with Crippen LogP contribution in [0.2, 0.25) is 0 Å². The summed E-state index contributed by atoms with van der Waals surface area (Å²) in [7, 11) is 0. The molecule has 3 aromatic carbocycles. The smallest absolute Gasteiger partial charge is 0.194 e. The van der Waals surface area contributed by atoms with E-state index in [9.17, 15) is 4.79 Å². The maximum atomic E-state index is 12.7. The molecule has 0 amide bonds. The van der Waals surface area contributed by atoms with Crippen LogP contribution in [0.3, 0.4) is 0 Å². The van der Waals surface area contributed by atoms with Crippen molar-refractivity contribution >= 4 is 16.6 Å². The van der Waals surface area contributed by atoms with Gasteiger partial charge in [0.15, 0.2) is 5.78 Å². The Kier molecular flexibility index (Phi) is 6.56. The van der Waals surface area contributed by atoms with E-state index in [4.69, 9.17) is 9.84 Å². The lowest BCUT2D eigenvalue weighted by Gasteiger charge is -2.20. The molecular weight excluding hydrogens is 324 g/mol. The highest BCUT2D eigenvalue weighted by molar-refractivity contribution is 6.26. The van der Waals surface area contributed by atoms with Gasteiger partial charge in [-0.2, -0.15) is 0 Å².